The molecule has 0 fully saturated rings. The van der Waals surface area contributed by atoms with Crippen LogP contribution < -0.4 is 10.5 Å². The van der Waals surface area contributed by atoms with Gasteiger partial charge >= 0.3 is 0 Å². The summed E-state index contributed by atoms with van der Waals surface area (Å²) in [4.78, 5) is 8.27. The summed E-state index contributed by atoms with van der Waals surface area (Å²) >= 11 is 0. The van der Waals surface area contributed by atoms with Crippen LogP contribution in [0.2, 0.25) is 0 Å². The van der Waals surface area contributed by atoms with E-state index in [4.69, 9.17) is 5.73 Å². The van der Waals surface area contributed by atoms with Crippen molar-refractivity contribution in [3.8, 4) is 0 Å². The van der Waals surface area contributed by atoms with Crippen molar-refractivity contribution in [2.75, 3.05) is 5.73 Å². The number of hydrogen-bond acceptors (Lipinski definition) is 5. The normalized spacial score (nSPS) is 11.6. The van der Waals surface area contributed by atoms with E-state index in [0.717, 1.165) is 16.8 Å². The van der Waals surface area contributed by atoms with E-state index in [9.17, 15) is 8.42 Å². The summed E-state index contributed by atoms with van der Waals surface area (Å²) in [5.74, 6) is 0. The van der Waals surface area contributed by atoms with Gasteiger partial charge in [-0.05, 0) is 44.0 Å². The van der Waals surface area contributed by atoms with E-state index in [0.29, 0.717) is 5.69 Å². The van der Waals surface area contributed by atoms with Crippen molar-refractivity contribution in [3.63, 3.8) is 0 Å². The Morgan fingerprint density at radius 1 is 1.10 bits per heavy atom. The molecule has 2 aromatic rings. The van der Waals surface area contributed by atoms with Crippen LogP contribution in [0.1, 0.15) is 22.5 Å². The third-order valence-corrected chi connectivity index (χ3v) is 4.65. The summed E-state index contributed by atoms with van der Waals surface area (Å²) in [6.45, 7) is 5.62. The first-order valence-electron chi connectivity index (χ1n) is 6.43. The highest BCUT2D eigenvalue weighted by atomic mass is 32.2. The van der Waals surface area contributed by atoms with Gasteiger partial charge in [-0.1, -0.05) is 0 Å². The van der Waals surface area contributed by atoms with Gasteiger partial charge in [0.2, 0.25) is 10.0 Å². The van der Waals surface area contributed by atoms with Gasteiger partial charge in [0.25, 0.3) is 0 Å². The summed E-state index contributed by atoms with van der Waals surface area (Å²) in [5.41, 5.74) is 9.21. The summed E-state index contributed by atoms with van der Waals surface area (Å²) in [5, 5.41) is 0. The molecule has 0 spiro atoms. The van der Waals surface area contributed by atoms with Gasteiger partial charge in [-0.2, -0.15) is 0 Å². The fourth-order valence-electron chi connectivity index (χ4n) is 1.80. The monoisotopic (exact) mass is 306 g/mol. The van der Waals surface area contributed by atoms with E-state index in [-0.39, 0.29) is 17.1 Å². The van der Waals surface area contributed by atoms with Crippen molar-refractivity contribution in [2.24, 2.45) is 0 Å². The van der Waals surface area contributed by atoms with Crippen LogP contribution >= 0.6 is 0 Å². The molecule has 0 aliphatic rings. The van der Waals surface area contributed by atoms with Gasteiger partial charge in [0.15, 0.2) is 0 Å². The molecule has 0 amide bonds. The molecular weight excluding hydrogens is 288 g/mol. The molecule has 0 saturated carbocycles. The van der Waals surface area contributed by atoms with Gasteiger partial charge < -0.3 is 5.73 Å². The first kappa shape index (κ1) is 15.4. The summed E-state index contributed by atoms with van der Waals surface area (Å²) in [6, 6.07) is 3.24. The molecule has 1 heterocycles. The van der Waals surface area contributed by atoms with E-state index in [1.165, 1.54) is 0 Å². The molecule has 6 nitrogen and oxygen atoms in total. The third kappa shape index (κ3) is 3.56. The number of nitrogens with two attached hydrogens (primary N) is 1. The Bertz CT molecular complexity index is 755. The largest absolute Gasteiger partial charge is 0.398 e. The Hall–Kier alpha value is -1.99. The minimum atomic E-state index is -3.68. The lowest BCUT2D eigenvalue weighted by Gasteiger charge is -2.11. The molecular formula is C14H18N4O2S. The van der Waals surface area contributed by atoms with Crippen molar-refractivity contribution in [2.45, 2.75) is 32.2 Å². The molecule has 0 unspecified atom stereocenters. The number of aryl methyl sites for hydroxylation is 3. The maximum absolute atomic E-state index is 12.3. The zero-order valence-corrected chi connectivity index (χ0v) is 13.0. The molecule has 7 heteroatoms. The van der Waals surface area contributed by atoms with Crippen LogP contribution in [0.3, 0.4) is 0 Å². The SMILES string of the molecule is Cc1cnc(CNS(=O)(=O)c2cc(C)c(C)cc2N)cn1. The van der Waals surface area contributed by atoms with Gasteiger partial charge in [-0.25, -0.2) is 13.1 Å². The Morgan fingerprint density at radius 3 is 2.38 bits per heavy atom. The average molecular weight is 306 g/mol. The fourth-order valence-corrected chi connectivity index (χ4v) is 3.00. The first-order chi connectivity index (χ1) is 9.79. The number of rotatable bonds is 4. The van der Waals surface area contributed by atoms with E-state index in [1.54, 1.807) is 24.5 Å². The predicted molar refractivity (Wildman–Crippen MR) is 81.1 cm³/mol. The van der Waals surface area contributed by atoms with Crippen LogP contribution in [0.4, 0.5) is 5.69 Å². The number of aromatic nitrogens is 2. The zero-order chi connectivity index (χ0) is 15.6. The molecule has 112 valence electrons. The average Bonchev–Trinajstić information content (AvgIpc) is 2.42. The number of nitrogen functional groups attached to an aromatic ring is 1. The maximum atomic E-state index is 12.3. The lowest BCUT2D eigenvalue weighted by molar-refractivity contribution is 0.580. The van der Waals surface area contributed by atoms with Gasteiger partial charge in [-0.3, -0.25) is 9.97 Å². The van der Waals surface area contributed by atoms with E-state index in [1.807, 2.05) is 20.8 Å². The van der Waals surface area contributed by atoms with E-state index < -0.39 is 10.0 Å². The Balaban J connectivity index is 2.22. The van der Waals surface area contributed by atoms with Crippen molar-refractivity contribution >= 4 is 15.7 Å². The van der Waals surface area contributed by atoms with Gasteiger partial charge in [-0.15, -0.1) is 0 Å². The fraction of sp³-hybridized carbons (Fsp3) is 0.286. The summed E-state index contributed by atoms with van der Waals surface area (Å²) in [7, 11) is -3.68. The standard InChI is InChI=1S/C14H18N4O2S/c1-9-4-13(15)14(5-10(9)2)21(19,20)18-8-12-7-16-11(3)6-17-12/h4-7,18H,8,15H2,1-3H3. The van der Waals surface area contributed by atoms with E-state index in [2.05, 4.69) is 14.7 Å². The highest BCUT2D eigenvalue weighted by molar-refractivity contribution is 7.89. The molecule has 0 radical (unpaired) electrons. The Kier molecular flexibility index (Phi) is 4.24. The highest BCUT2D eigenvalue weighted by Gasteiger charge is 2.18. The van der Waals surface area contributed by atoms with Crippen LogP contribution in [0.5, 0.6) is 0 Å². The van der Waals surface area contributed by atoms with Crippen LogP contribution in [0.25, 0.3) is 0 Å². The second-order valence-corrected chi connectivity index (χ2v) is 6.68. The summed E-state index contributed by atoms with van der Waals surface area (Å²) < 4.78 is 27.1. The number of nitrogens with one attached hydrogen (secondary N) is 1. The van der Waals surface area contributed by atoms with Gasteiger partial charge in [0.1, 0.15) is 4.90 Å². The second-order valence-electron chi connectivity index (χ2n) is 4.95. The second kappa shape index (κ2) is 5.79. The molecule has 0 aliphatic heterocycles. The summed E-state index contributed by atoms with van der Waals surface area (Å²) in [6.07, 6.45) is 3.13. The zero-order valence-electron chi connectivity index (χ0n) is 12.2. The molecule has 3 N–H and O–H groups in total. The number of hydrogen-bond donors (Lipinski definition) is 2. The molecule has 1 aromatic heterocycles. The number of sulfonamides is 1. The number of benzene rings is 1. The van der Waals surface area contributed by atoms with Crippen LogP contribution in [0.15, 0.2) is 29.4 Å². The molecule has 2 rings (SSSR count). The number of anilines is 1. The Morgan fingerprint density at radius 2 is 1.76 bits per heavy atom. The molecule has 0 aliphatic carbocycles. The van der Waals surface area contributed by atoms with Crippen LogP contribution in [-0.4, -0.2) is 18.4 Å². The highest BCUT2D eigenvalue weighted by Crippen LogP contribution is 2.22. The quantitative estimate of drug-likeness (QED) is 0.833. The van der Waals surface area contributed by atoms with Crippen LogP contribution in [0, 0.1) is 20.8 Å². The topological polar surface area (TPSA) is 98.0 Å². The van der Waals surface area contributed by atoms with Gasteiger partial charge in [0.05, 0.1) is 29.8 Å². The Labute approximate surface area is 124 Å². The maximum Gasteiger partial charge on any atom is 0.242 e. The van der Waals surface area contributed by atoms with Crippen molar-refractivity contribution in [1.29, 1.82) is 0 Å². The smallest absolute Gasteiger partial charge is 0.242 e. The number of nitrogens with zero attached hydrogens (tertiary/aromatic N) is 2. The predicted octanol–water partition coefficient (Wildman–Crippen LogP) is 1.46. The van der Waals surface area contributed by atoms with Crippen molar-refractivity contribution in [1.82, 2.24) is 14.7 Å². The first-order valence-corrected chi connectivity index (χ1v) is 7.92. The van der Waals surface area contributed by atoms with Gasteiger partial charge in [0, 0.05) is 6.20 Å². The molecule has 0 saturated heterocycles. The minimum absolute atomic E-state index is 0.0714. The molecule has 1 aromatic carbocycles. The molecule has 0 bridgehead atoms. The molecule has 21 heavy (non-hydrogen) atoms. The molecule has 0 atom stereocenters. The van der Waals surface area contributed by atoms with Crippen molar-refractivity contribution < 1.29 is 8.42 Å². The van der Waals surface area contributed by atoms with Crippen LogP contribution in [-0.2, 0) is 16.6 Å². The third-order valence-electron chi connectivity index (χ3n) is 3.19. The lowest BCUT2D eigenvalue weighted by atomic mass is 10.1. The van der Waals surface area contributed by atoms with Crippen molar-refractivity contribution in [3.05, 3.63) is 47.0 Å². The lowest BCUT2D eigenvalue weighted by Crippen LogP contribution is -2.25. The van der Waals surface area contributed by atoms with E-state index >= 15 is 0 Å². The minimum Gasteiger partial charge on any atom is -0.398 e.